The molecule has 94 valence electrons. The van der Waals surface area contributed by atoms with Gasteiger partial charge >= 0.3 is 0 Å². The molecule has 0 saturated heterocycles. The van der Waals surface area contributed by atoms with E-state index in [0.717, 1.165) is 11.3 Å². The van der Waals surface area contributed by atoms with Crippen molar-refractivity contribution in [3.05, 3.63) is 36.7 Å². The second kappa shape index (κ2) is 5.46. The molecule has 5 heteroatoms. The summed E-state index contributed by atoms with van der Waals surface area (Å²) >= 11 is 0. The van der Waals surface area contributed by atoms with Crippen LogP contribution in [-0.2, 0) is 0 Å². The molecule has 5 nitrogen and oxygen atoms in total. The topological polar surface area (TPSA) is 70.3 Å². The zero-order chi connectivity index (χ0) is 13.0. The number of para-hydroxylation sites is 1. The molecule has 2 N–H and O–H groups in total. The van der Waals surface area contributed by atoms with Gasteiger partial charge in [-0.1, -0.05) is 12.1 Å². The molecule has 1 atom stereocenters. The lowest BCUT2D eigenvalue weighted by Crippen LogP contribution is -2.22. The molecule has 2 rings (SSSR count). The summed E-state index contributed by atoms with van der Waals surface area (Å²) in [7, 11) is 1.62. The molecule has 0 aliphatic rings. The molecule has 1 aromatic carbocycles. The van der Waals surface area contributed by atoms with Gasteiger partial charge in [-0.3, -0.25) is 5.73 Å². The minimum atomic E-state index is -0.384. The number of nitrogens with two attached hydrogens (primary N) is 1. The van der Waals surface area contributed by atoms with E-state index in [2.05, 4.69) is 9.97 Å². The molecule has 0 aliphatic heterocycles. The Morgan fingerprint density at radius 3 is 2.44 bits per heavy atom. The summed E-state index contributed by atoms with van der Waals surface area (Å²) in [6, 6.07) is 7.58. The number of hydrogen-bond donors (Lipinski definition) is 1. The molecule has 18 heavy (non-hydrogen) atoms. The second-order valence-corrected chi connectivity index (χ2v) is 3.77. The summed E-state index contributed by atoms with van der Waals surface area (Å²) in [6.07, 6.45) is 2.81. The lowest BCUT2D eigenvalue weighted by atomic mass is 10.2. The van der Waals surface area contributed by atoms with Crippen molar-refractivity contribution < 1.29 is 9.47 Å². The first kappa shape index (κ1) is 12.3. The second-order valence-electron chi connectivity index (χ2n) is 3.77. The molecular formula is C13H15N3O2. The lowest BCUT2D eigenvalue weighted by Gasteiger charge is -2.10. The van der Waals surface area contributed by atoms with Crippen molar-refractivity contribution in [1.82, 2.24) is 9.97 Å². The van der Waals surface area contributed by atoms with Crippen LogP contribution in [0.15, 0.2) is 36.7 Å². The van der Waals surface area contributed by atoms with Crippen LogP contribution in [0.5, 0.6) is 11.5 Å². The van der Waals surface area contributed by atoms with E-state index >= 15 is 0 Å². The van der Waals surface area contributed by atoms with Crippen molar-refractivity contribution >= 4 is 0 Å². The smallest absolute Gasteiger partial charge is 0.163 e. The largest absolute Gasteiger partial charge is 0.496 e. The van der Waals surface area contributed by atoms with Gasteiger partial charge in [0.25, 0.3) is 0 Å². The normalized spacial score (nSPS) is 11.9. The fourth-order valence-electron chi connectivity index (χ4n) is 1.56. The predicted octanol–water partition coefficient (Wildman–Crippen LogP) is 1.84. The van der Waals surface area contributed by atoms with Crippen LogP contribution in [-0.4, -0.2) is 23.3 Å². The first-order valence-corrected chi connectivity index (χ1v) is 5.58. The number of hydrogen-bond acceptors (Lipinski definition) is 5. The van der Waals surface area contributed by atoms with E-state index in [-0.39, 0.29) is 6.23 Å². The van der Waals surface area contributed by atoms with Gasteiger partial charge in [-0.05, 0) is 19.1 Å². The molecule has 0 radical (unpaired) electrons. The maximum absolute atomic E-state index is 5.52. The molecule has 0 bridgehead atoms. The SMILES string of the molecule is COc1ccccc1-c1ncc(OC(C)N)cn1. The molecule has 0 fully saturated rings. The first-order valence-electron chi connectivity index (χ1n) is 5.58. The minimum Gasteiger partial charge on any atom is -0.496 e. The molecular weight excluding hydrogens is 230 g/mol. The van der Waals surface area contributed by atoms with Gasteiger partial charge in [0, 0.05) is 0 Å². The molecule has 1 unspecified atom stereocenters. The number of aromatic nitrogens is 2. The van der Waals surface area contributed by atoms with E-state index in [1.165, 1.54) is 0 Å². The Morgan fingerprint density at radius 1 is 1.17 bits per heavy atom. The van der Waals surface area contributed by atoms with Crippen molar-refractivity contribution in [2.75, 3.05) is 7.11 Å². The third kappa shape index (κ3) is 2.75. The summed E-state index contributed by atoms with van der Waals surface area (Å²) in [4.78, 5) is 8.48. The van der Waals surface area contributed by atoms with Gasteiger partial charge in [-0.25, -0.2) is 9.97 Å². The molecule has 1 heterocycles. The number of nitrogens with zero attached hydrogens (tertiary/aromatic N) is 2. The van der Waals surface area contributed by atoms with Crippen molar-refractivity contribution in [3.8, 4) is 22.9 Å². The zero-order valence-corrected chi connectivity index (χ0v) is 10.3. The number of ether oxygens (including phenoxy) is 2. The quantitative estimate of drug-likeness (QED) is 0.832. The average molecular weight is 245 g/mol. The highest BCUT2D eigenvalue weighted by atomic mass is 16.5. The van der Waals surface area contributed by atoms with Gasteiger partial charge < -0.3 is 9.47 Å². The van der Waals surface area contributed by atoms with Crippen molar-refractivity contribution in [1.29, 1.82) is 0 Å². The summed E-state index contributed by atoms with van der Waals surface area (Å²) in [6.45, 7) is 1.74. The summed E-state index contributed by atoms with van der Waals surface area (Å²) in [5.41, 5.74) is 6.36. The van der Waals surface area contributed by atoms with Crippen LogP contribution in [0.3, 0.4) is 0 Å². The van der Waals surface area contributed by atoms with Gasteiger partial charge in [0.15, 0.2) is 11.6 Å². The van der Waals surface area contributed by atoms with Crippen LogP contribution in [0.2, 0.25) is 0 Å². The monoisotopic (exact) mass is 245 g/mol. The molecule has 2 aromatic rings. The minimum absolute atomic E-state index is 0.384. The summed E-state index contributed by atoms with van der Waals surface area (Å²) < 4.78 is 10.5. The van der Waals surface area contributed by atoms with E-state index in [1.54, 1.807) is 26.4 Å². The highest BCUT2D eigenvalue weighted by molar-refractivity contribution is 5.63. The Hall–Kier alpha value is -2.14. The van der Waals surface area contributed by atoms with Crippen molar-refractivity contribution in [2.24, 2.45) is 5.73 Å². The average Bonchev–Trinajstić information content (AvgIpc) is 2.39. The summed E-state index contributed by atoms with van der Waals surface area (Å²) in [5.74, 6) is 1.87. The molecule has 0 saturated carbocycles. The highest BCUT2D eigenvalue weighted by Gasteiger charge is 2.08. The Bertz CT molecular complexity index is 512. The van der Waals surface area contributed by atoms with E-state index in [0.29, 0.717) is 11.6 Å². The third-order valence-corrected chi connectivity index (χ3v) is 2.30. The molecule has 0 aliphatic carbocycles. The predicted molar refractivity (Wildman–Crippen MR) is 68.3 cm³/mol. The fourth-order valence-corrected chi connectivity index (χ4v) is 1.56. The third-order valence-electron chi connectivity index (χ3n) is 2.30. The maximum Gasteiger partial charge on any atom is 0.163 e. The number of rotatable bonds is 4. The Balaban J connectivity index is 2.28. The van der Waals surface area contributed by atoms with Crippen molar-refractivity contribution in [2.45, 2.75) is 13.2 Å². The van der Waals surface area contributed by atoms with Gasteiger partial charge in [-0.15, -0.1) is 0 Å². The van der Waals surface area contributed by atoms with Crippen LogP contribution >= 0.6 is 0 Å². The molecule has 1 aromatic heterocycles. The van der Waals surface area contributed by atoms with Crippen LogP contribution < -0.4 is 15.2 Å². The fraction of sp³-hybridized carbons (Fsp3) is 0.231. The molecule has 0 amide bonds. The van der Waals surface area contributed by atoms with Gasteiger partial charge in [-0.2, -0.15) is 0 Å². The van der Waals surface area contributed by atoms with Gasteiger partial charge in [0.1, 0.15) is 12.0 Å². The Kier molecular flexibility index (Phi) is 3.74. The van der Waals surface area contributed by atoms with Crippen LogP contribution in [0.1, 0.15) is 6.92 Å². The van der Waals surface area contributed by atoms with E-state index < -0.39 is 0 Å². The first-order chi connectivity index (χ1) is 8.70. The van der Waals surface area contributed by atoms with E-state index in [4.69, 9.17) is 15.2 Å². The van der Waals surface area contributed by atoms with E-state index in [9.17, 15) is 0 Å². The van der Waals surface area contributed by atoms with Gasteiger partial charge in [0.2, 0.25) is 0 Å². The Labute approximate surface area is 106 Å². The summed E-state index contributed by atoms with van der Waals surface area (Å²) in [5, 5.41) is 0. The maximum atomic E-state index is 5.52. The Morgan fingerprint density at radius 2 is 1.83 bits per heavy atom. The molecule has 0 spiro atoms. The lowest BCUT2D eigenvalue weighted by molar-refractivity contribution is 0.228. The van der Waals surface area contributed by atoms with Crippen LogP contribution in [0.25, 0.3) is 11.4 Å². The van der Waals surface area contributed by atoms with Gasteiger partial charge in [0.05, 0.1) is 25.1 Å². The van der Waals surface area contributed by atoms with Crippen LogP contribution in [0, 0.1) is 0 Å². The number of benzene rings is 1. The zero-order valence-electron chi connectivity index (χ0n) is 10.3. The van der Waals surface area contributed by atoms with E-state index in [1.807, 2.05) is 24.3 Å². The number of methoxy groups -OCH3 is 1. The highest BCUT2D eigenvalue weighted by Crippen LogP contribution is 2.26. The van der Waals surface area contributed by atoms with Crippen molar-refractivity contribution in [3.63, 3.8) is 0 Å². The van der Waals surface area contributed by atoms with Crippen LogP contribution in [0.4, 0.5) is 0 Å². The standard InChI is InChI=1S/C13H15N3O2/c1-9(14)18-10-7-15-13(16-8-10)11-5-3-4-6-12(11)17-2/h3-9H,14H2,1-2H3.